The van der Waals surface area contributed by atoms with Crippen molar-refractivity contribution >= 4 is 17.0 Å². The van der Waals surface area contributed by atoms with Gasteiger partial charge in [-0.15, -0.1) is 0 Å². The van der Waals surface area contributed by atoms with Crippen LogP contribution in [0.4, 0.5) is 9.18 Å². The summed E-state index contributed by atoms with van der Waals surface area (Å²) in [6.07, 6.45) is 1.35. The number of aliphatic hydroxyl groups excluding tert-OH is 1. The maximum atomic E-state index is 12.9. The van der Waals surface area contributed by atoms with Crippen LogP contribution < -0.4 is 0 Å². The highest BCUT2D eigenvalue weighted by atomic mass is 35.5. The number of piperidine rings is 1. The van der Waals surface area contributed by atoms with Crippen molar-refractivity contribution in [3.05, 3.63) is 35.6 Å². The Labute approximate surface area is 135 Å². The Bertz CT molecular complexity index is 489. The average Bonchev–Trinajstić information content (AvgIpc) is 2.49. The molecule has 122 valence electrons. The number of benzene rings is 1. The van der Waals surface area contributed by atoms with Crippen LogP contribution >= 0.6 is 11.6 Å². The first-order valence-electron chi connectivity index (χ1n) is 7.52. The molecule has 1 aromatic carbocycles. The molecule has 0 radical (unpaired) electrons. The summed E-state index contributed by atoms with van der Waals surface area (Å²) in [4.78, 5) is 14.8. The van der Waals surface area contributed by atoms with Gasteiger partial charge in [0.15, 0.2) is 0 Å². The molecule has 1 fully saturated rings. The Morgan fingerprint density at radius 1 is 1.41 bits per heavy atom. The smallest absolute Gasteiger partial charge is 0.316 e. The summed E-state index contributed by atoms with van der Waals surface area (Å²) in [5.41, 5.74) is 0.732. The van der Waals surface area contributed by atoms with Crippen molar-refractivity contribution in [2.45, 2.75) is 18.9 Å². The van der Waals surface area contributed by atoms with Crippen molar-refractivity contribution in [3.63, 3.8) is 0 Å². The summed E-state index contributed by atoms with van der Waals surface area (Å²) in [5, 5.41) is 9.79. The van der Waals surface area contributed by atoms with Crippen molar-refractivity contribution in [2.24, 2.45) is 5.92 Å². The summed E-state index contributed by atoms with van der Waals surface area (Å²) in [5.74, 6) is 0.154. The van der Waals surface area contributed by atoms with Gasteiger partial charge in [-0.25, -0.2) is 4.39 Å². The fourth-order valence-corrected chi connectivity index (χ4v) is 2.91. The van der Waals surface area contributed by atoms with Crippen LogP contribution in [0, 0.1) is 11.7 Å². The predicted octanol–water partition coefficient (Wildman–Crippen LogP) is 2.86. The third-order valence-corrected chi connectivity index (χ3v) is 4.51. The van der Waals surface area contributed by atoms with Gasteiger partial charge in [-0.05, 0) is 61.1 Å². The van der Waals surface area contributed by atoms with Gasteiger partial charge in [0, 0.05) is 20.1 Å². The molecule has 0 aliphatic carbocycles. The van der Waals surface area contributed by atoms with E-state index in [1.807, 2.05) is 0 Å². The zero-order valence-corrected chi connectivity index (χ0v) is 13.5. The predicted molar refractivity (Wildman–Crippen MR) is 84.4 cm³/mol. The van der Waals surface area contributed by atoms with Gasteiger partial charge < -0.3 is 14.9 Å². The lowest BCUT2D eigenvalue weighted by molar-refractivity contribution is 0.0855. The van der Waals surface area contributed by atoms with E-state index in [-0.39, 0.29) is 5.82 Å². The van der Waals surface area contributed by atoms with Gasteiger partial charge in [0.05, 0.1) is 6.10 Å². The first-order chi connectivity index (χ1) is 10.5. The SMILES string of the molecule is CN(CC1CCN(CC(O)c2ccc(F)cc2)CC1)C(=O)Cl. The largest absolute Gasteiger partial charge is 0.387 e. The molecule has 4 nitrogen and oxygen atoms in total. The fraction of sp³-hybridized carbons (Fsp3) is 0.562. The Balaban J connectivity index is 1.77. The summed E-state index contributed by atoms with van der Waals surface area (Å²) >= 11 is 5.44. The summed E-state index contributed by atoms with van der Waals surface area (Å²) < 4.78 is 12.9. The topological polar surface area (TPSA) is 43.8 Å². The second-order valence-electron chi connectivity index (χ2n) is 5.94. The molecule has 6 heteroatoms. The molecule has 2 rings (SSSR count). The molecule has 0 bridgehead atoms. The minimum absolute atomic E-state index is 0.297. The van der Waals surface area contributed by atoms with Crippen molar-refractivity contribution in [1.82, 2.24) is 9.80 Å². The number of hydrogen-bond acceptors (Lipinski definition) is 3. The highest BCUT2D eigenvalue weighted by molar-refractivity contribution is 6.62. The zero-order valence-electron chi connectivity index (χ0n) is 12.7. The van der Waals surface area contributed by atoms with Gasteiger partial charge in [-0.2, -0.15) is 0 Å². The minimum atomic E-state index is -0.607. The van der Waals surface area contributed by atoms with Gasteiger partial charge >= 0.3 is 5.37 Å². The van der Waals surface area contributed by atoms with E-state index in [0.717, 1.165) is 31.5 Å². The molecule has 1 aromatic rings. The molecular formula is C16H22ClFN2O2. The Kier molecular flexibility index (Phi) is 6.17. The number of β-amino-alcohol motifs (C(OH)–C–C–N with tert-alkyl or cyclic N) is 1. The number of carbonyl (C=O) groups is 1. The van der Waals surface area contributed by atoms with Crippen LogP contribution in [0.5, 0.6) is 0 Å². The van der Waals surface area contributed by atoms with Crippen LogP contribution in [0.2, 0.25) is 0 Å². The summed E-state index contributed by atoms with van der Waals surface area (Å²) in [6, 6.07) is 5.97. The fourth-order valence-electron chi connectivity index (χ4n) is 2.85. The second-order valence-corrected chi connectivity index (χ2v) is 6.27. The molecular weight excluding hydrogens is 307 g/mol. The molecule has 1 unspecified atom stereocenters. The molecule has 0 aromatic heterocycles. The summed E-state index contributed by atoms with van der Waals surface area (Å²) in [7, 11) is 1.71. The maximum absolute atomic E-state index is 12.9. The molecule has 1 saturated heterocycles. The molecule has 1 N–H and O–H groups in total. The Hall–Kier alpha value is -1.17. The zero-order chi connectivity index (χ0) is 16.1. The van der Waals surface area contributed by atoms with Gasteiger partial charge in [0.25, 0.3) is 0 Å². The standard InChI is InChI=1S/C16H22ClFN2O2/c1-19(16(17)22)10-12-6-8-20(9-7-12)11-15(21)13-2-4-14(18)5-3-13/h2-5,12,15,21H,6-11H2,1H3. The molecule has 1 amide bonds. The van der Waals surface area contributed by atoms with Gasteiger partial charge in [0.2, 0.25) is 0 Å². The Morgan fingerprint density at radius 2 is 2.00 bits per heavy atom. The van der Waals surface area contributed by atoms with Crippen LogP contribution in [-0.2, 0) is 0 Å². The van der Waals surface area contributed by atoms with Gasteiger partial charge in [-0.1, -0.05) is 12.1 Å². The van der Waals surface area contributed by atoms with Crippen LogP contribution in [-0.4, -0.2) is 53.5 Å². The first-order valence-corrected chi connectivity index (χ1v) is 7.90. The first kappa shape index (κ1) is 17.2. The number of aliphatic hydroxyl groups is 1. The lowest BCUT2D eigenvalue weighted by atomic mass is 9.96. The second kappa shape index (κ2) is 7.90. The molecule has 0 spiro atoms. The lowest BCUT2D eigenvalue weighted by Crippen LogP contribution is -2.40. The van der Waals surface area contributed by atoms with Gasteiger partial charge in [-0.3, -0.25) is 4.79 Å². The van der Waals surface area contributed by atoms with Crippen LogP contribution in [0.1, 0.15) is 24.5 Å². The molecule has 1 aliphatic heterocycles. The average molecular weight is 329 g/mol. The number of hydrogen-bond donors (Lipinski definition) is 1. The number of carbonyl (C=O) groups excluding carboxylic acids is 1. The molecule has 22 heavy (non-hydrogen) atoms. The van der Waals surface area contributed by atoms with E-state index >= 15 is 0 Å². The van der Waals surface area contributed by atoms with E-state index in [2.05, 4.69) is 4.90 Å². The lowest BCUT2D eigenvalue weighted by Gasteiger charge is -2.34. The van der Waals surface area contributed by atoms with E-state index in [4.69, 9.17) is 11.6 Å². The maximum Gasteiger partial charge on any atom is 0.316 e. The van der Waals surface area contributed by atoms with Crippen LogP contribution in [0.15, 0.2) is 24.3 Å². The van der Waals surface area contributed by atoms with E-state index in [1.165, 1.54) is 17.0 Å². The number of nitrogens with zero attached hydrogens (tertiary/aromatic N) is 2. The van der Waals surface area contributed by atoms with Crippen molar-refractivity contribution in [2.75, 3.05) is 33.2 Å². The monoisotopic (exact) mass is 328 g/mol. The summed E-state index contributed by atoms with van der Waals surface area (Å²) in [6.45, 7) is 2.99. The van der Waals surface area contributed by atoms with Gasteiger partial charge in [0.1, 0.15) is 5.82 Å². The van der Waals surface area contributed by atoms with Crippen LogP contribution in [0.25, 0.3) is 0 Å². The highest BCUT2D eigenvalue weighted by Gasteiger charge is 2.23. The Morgan fingerprint density at radius 3 is 2.55 bits per heavy atom. The molecule has 1 aliphatic rings. The van der Waals surface area contributed by atoms with Crippen molar-refractivity contribution < 1.29 is 14.3 Å². The van der Waals surface area contributed by atoms with Crippen molar-refractivity contribution in [1.29, 1.82) is 0 Å². The number of rotatable bonds is 5. The molecule has 1 heterocycles. The quantitative estimate of drug-likeness (QED) is 0.667. The minimum Gasteiger partial charge on any atom is -0.387 e. The van der Waals surface area contributed by atoms with Crippen molar-refractivity contribution in [3.8, 4) is 0 Å². The molecule has 1 atom stereocenters. The number of likely N-dealkylation sites (tertiary alicyclic amines) is 1. The van der Waals surface area contributed by atoms with Crippen LogP contribution in [0.3, 0.4) is 0 Å². The van der Waals surface area contributed by atoms with E-state index in [0.29, 0.717) is 19.0 Å². The normalized spacial score (nSPS) is 18.2. The molecule has 0 saturated carbocycles. The van der Waals surface area contributed by atoms with E-state index < -0.39 is 11.5 Å². The third-order valence-electron chi connectivity index (χ3n) is 4.23. The third kappa shape index (κ3) is 4.93. The number of halogens is 2. The van der Waals surface area contributed by atoms with E-state index in [9.17, 15) is 14.3 Å². The number of amides is 1. The highest BCUT2D eigenvalue weighted by Crippen LogP contribution is 2.21. The van der Waals surface area contributed by atoms with E-state index in [1.54, 1.807) is 19.2 Å².